The number of nitrogens with one attached hydrogen (secondary N) is 1. The van der Waals surface area contributed by atoms with E-state index in [1.165, 1.54) is 11.3 Å². The van der Waals surface area contributed by atoms with E-state index in [2.05, 4.69) is 26.2 Å². The van der Waals surface area contributed by atoms with Crippen molar-refractivity contribution in [2.75, 3.05) is 16.8 Å². The molecule has 0 saturated heterocycles. The van der Waals surface area contributed by atoms with Crippen molar-refractivity contribution in [1.29, 1.82) is 0 Å². The second-order valence-corrected chi connectivity index (χ2v) is 9.43. The molecular weight excluding hydrogens is 400 g/mol. The van der Waals surface area contributed by atoms with Gasteiger partial charge in [0.15, 0.2) is 15.0 Å². The summed E-state index contributed by atoms with van der Waals surface area (Å²) in [5.74, 6) is -1.07. The number of carbonyl (C=O) groups excluding carboxylic acids is 1. The lowest BCUT2D eigenvalue weighted by molar-refractivity contribution is -0.113. The fourth-order valence-electron chi connectivity index (χ4n) is 2.03. The Labute approximate surface area is 148 Å². The van der Waals surface area contributed by atoms with Gasteiger partial charge in [-0.05, 0) is 18.1 Å². The maximum Gasteiger partial charge on any atom is 0.241 e. The van der Waals surface area contributed by atoms with Crippen molar-refractivity contribution in [1.82, 2.24) is 4.98 Å². The maximum absolute atomic E-state index is 11.9. The predicted octanol–water partition coefficient (Wildman–Crippen LogP) is 3.58. The molecule has 1 aromatic heterocycles. The summed E-state index contributed by atoms with van der Waals surface area (Å²) in [5.41, 5.74) is 1.65. The highest BCUT2D eigenvalue weighted by atomic mass is 79.9. The van der Waals surface area contributed by atoms with Crippen LogP contribution in [0.3, 0.4) is 0 Å². The summed E-state index contributed by atoms with van der Waals surface area (Å²) in [5, 5.41) is 4.77. The van der Waals surface area contributed by atoms with Gasteiger partial charge in [-0.15, -0.1) is 11.3 Å². The van der Waals surface area contributed by atoms with Crippen molar-refractivity contribution in [2.45, 2.75) is 13.8 Å². The lowest BCUT2D eigenvalue weighted by atomic mass is 10.2. The Balaban J connectivity index is 2.03. The molecule has 8 heteroatoms. The van der Waals surface area contributed by atoms with Gasteiger partial charge < -0.3 is 5.32 Å². The first-order valence-electron chi connectivity index (χ1n) is 6.97. The zero-order valence-electron chi connectivity index (χ0n) is 12.7. The van der Waals surface area contributed by atoms with Gasteiger partial charge in [-0.25, -0.2) is 13.4 Å². The van der Waals surface area contributed by atoms with E-state index in [9.17, 15) is 13.2 Å². The minimum absolute atomic E-state index is 0.00157. The normalized spacial score (nSPS) is 11.7. The first-order valence-corrected chi connectivity index (χ1v) is 10.5. The van der Waals surface area contributed by atoms with Gasteiger partial charge in [0.2, 0.25) is 5.91 Å². The third kappa shape index (κ3) is 5.71. The second kappa shape index (κ2) is 7.55. The molecule has 0 fully saturated rings. The number of aromatic nitrogens is 1. The van der Waals surface area contributed by atoms with Gasteiger partial charge in [-0.2, -0.15) is 0 Å². The molecule has 1 N–H and O–H groups in total. The van der Waals surface area contributed by atoms with Crippen molar-refractivity contribution in [2.24, 2.45) is 5.92 Å². The number of rotatable bonds is 6. The van der Waals surface area contributed by atoms with E-state index in [0.29, 0.717) is 5.13 Å². The van der Waals surface area contributed by atoms with Gasteiger partial charge in [0.05, 0.1) is 11.4 Å². The smallest absolute Gasteiger partial charge is 0.241 e. The first kappa shape index (κ1) is 18.1. The van der Waals surface area contributed by atoms with E-state index in [1.807, 2.05) is 29.6 Å². The van der Waals surface area contributed by atoms with Crippen molar-refractivity contribution in [3.8, 4) is 11.3 Å². The summed E-state index contributed by atoms with van der Waals surface area (Å²) in [6.45, 7) is 3.61. The van der Waals surface area contributed by atoms with Gasteiger partial charge in [0.1, 0.15) is 5.75 Å². The van der Waals surface area contributed by atoms with Crippen LogP contribution >= 0.6 is 27.3 Å². The van der Waals surface area contributed by atoms with Gasteiger partial charge >= 0.3 is 0 Å². The quantitative estimate of drug-likeness (QED) is 0.780. The van der Waals surface area contributed by atoms with E-state index in [4.69, 9.17) is 0 Å². The van der Waals surface area contributed by atoms with Crippen LogP contribution in [0, 0.1) is 5.92 Å². The van der Waals surface area contributed by atoms with E-state index in [0.717, 1.165) is 15.7 Å². The third-order valence-electron chi connectivity index (χ3n) is 2.81. The molecule has 2 aromatic rings. The Morgan fingerprint density at radius 2 is 2.13 bits per heavy atom. The number of anilines is 1. The third-order valence-corrected chi connectivity index (χ3v) is 5.94. The Morgan fingerprint density at radius 3 is 2.78 bits per heavy atom. The molecule has 0 radical (unpaired) electrons. The molecule has 0 atom stereocenters. The van der Waals surface area contributed by atoms with E-state index >= 15 is 0 Å². The van der Waals surface area contributed by atoms with Gasteiger partial charge in [0, 0.05) is 15.4 Å². The summed E-state index contributed by atoms with van der Waals surface area (Å²) in [6.07, 6.45) is 0. The number of hydrogen-bond donors (Lipinski definition) is 1. The van der Waals surface area contributed by atoms with Crippen molar-refractivity contribution >= 4 is 48.1 Å². The first-order chi connectivity index (χ1) is 10.7. The highest BCUT2D eigenvalue weighted by Gasteiger charge is 2.19. The maximum atomic E-state index is 11.9. The summed E-state index contributed by atoms with van der Waals surface area (Å²) < 4.78 is 24.6. The molecule has 0 saturated carbocycles. The number of nitrogens with zero attached hydrogens (tertiary/aromatic N) is 1. The van der Waals surface area contributed by atoms with Crippen LogP contribution in [0.5, 0.6) is 0 Å². The Hall–Kier alpha value is -1.25. The number of benzene rings is 1. The lowest BCUT2D eigenvalue weighted by Gasteiger charge is -2.06. The number of halogens is 1. The summed E-state index contributed by atoms with van der Waals surface area (Å²) in [6, 6.07) is 7.65. The van der Waals surface area contributed by atoms with Crippen LogP contribution in [0.15, 0.2) is 34.1 Å². The molecule has 23 heavy (non-hydrogen) atoms. The summed E-state index contributed by atoms with van der Waals surface area (Å²) in [4.78, 5) is 16.2. The number of thiazole rings is 1. The molecule has 124 valence electrons. The molecule has 1 heterocycles. The molecule has 0 bridgehead atoms. The zero-order valence-corrected chi connectivity index (χ0v) is 16.0. The van der Waals surface area contributed by atoms with Crippen LogP contribution < -0.4 is 5.32 Å². The van der Waals surface area contributed by atoms with Crippen LogP contribution in [0.1, 0.15) is 13.8 Å². The number of carbonyl (C=O) groups is 1. The fourth-order valence-corrected chi connectivity index (χ4v) is 4.77. The topological polar surface area (TPSA) is 76.1 Å². The van der Waals surface area contributed by atoms with Crippen LogP contribution in [0.4, 0.5) is 5.13 Å². The number of sulfone groups is 1. The Bertz CT molecular complexity index is 801. The molecule has 1 aromatic carbocycles. The average molecular weight is 417 g/mol. The predicted molar refractivity (Wildman–Crippen MR) is 97.4 cm³/mol. The Kier molecular flexibility index (Phi) is 5.94. The van der Waals surface area contributed by atoms with Gasteiger partial charge in [0.25, 0.3) is 0 Å². The molecule has 0 aliphatic carbocycles. The van der Waals surface area contributed by atoms with E-state index in [1.54, 1.807) is 13.8 Å². The van der Waals surface area contributed by atoms with Crippen molar-refractivity contribution < 1.29 is 13.2 Å². The fraction of sp³-hybridized carbons (Fsp3) is 0.333. The molecule has 0 spiro atoms. The number of amides is 1. The molecule has 0 unspecified atom stereocenters. The van der Waals surface area contributed by atoms with E-state index in [-0.39, 0.29) is 11.7 Å². The zero-order chi connectivity index (χ0) is 17.0. The van der Waals surface area contributed by atoms with Crippen LogP contribution in [-0.4, -0.2) is 30.8 Å². The molecule has 2 rings (SSSR count). The molecular formula is C15H17BrN2O3S2. The summed E-state index contributed by atoms with van der Waals surface area (Å²) in [7, 11) is -3.39. The molecule has 5 nitrogen and oxygen atoms in total. The standard InChI is InChI=1S/C15H17BrN2O3S2/c1-10(2)8-23(20,21)9-14(19)18-15-17-13(7-22-15)11-4-3-5-12(16)6-11/h3-7,10H,8-9H2,1-2H3,(H,17,18,19). The van der Waals surface area contributed by atoms with Gasteiger partial charge in [-0.3, -0.25) is 4.79 Å². The Morgan fingerprint density at radius 1 is 1.39 bits per heavy atom. The van der Waals surface area contributed by atoms with Crippen LogP contribution in [-0.2, 0) is 14.6 Å². The van der Waals surface area contributed by atoms with E-state index < -0.39 is 21.5 Å². The second-order valence-electron chi connectivity index (χ2n) is 5.54. The number of hydrogen-bond acceptors (Lipinski definition) is 5. The summed E-state index contributed by atoms with van der Waals surface area (Å²) >= 11 is 4.66. The van der Waals surface area contributed by atoms with Crippen molar-refractivity contribution in [3.05, 3.63) is 34.1 Å². The highest BCUT2D eigenvalue weighted by molar-refractivity contribution is 9.10. The monoisotopic (exact) mass is 416 g/mol. The minimum Gasteiger partial charge on any atom is -0.301 e. The van der Waals surface area contributed by atoms with Crippen molar-refractivity contribution in [3.63, 3.8) is 0 Å². The molecule has 0 aliphatic heterocycles. The van der Waals surface area contributed by atoms with Crippen LogP contribution in [0.25, 0.3) is 11.3 Å². The lowest BCUT2D eigenvalue weighted by Crippen LogP contribution is -2.26. The highest BCUT2D eigenvalue weighted by Crippen LogP contribution is 2.26. The SMILES string of the molecule is CC(C)CS(=O)(=O)CC(=O)Nc1nc(-c2cccc(Br)c2)cs1. The van der Waals surface area contributed by atoms with Gasteiger partial charge in [-0.1, -0.05) is 41.9 Å². The van der Waals surface area contributed by atoms with Crippen LogP contribution in [0.2, 0.25) is 0 Å². The molecule has 0 aliphatic rings. The average Bonchev–Trinajstić information content (AvgIpc) is 2.84. The largest absolute Gasteiger partial charge is 0.301 e. The minimum atomic E-state index is -3.39. The molecule has 1 amide bonds.